The van der Waals surface area contributed by atoms with Gasteiger partial charge in [0.2, 0.25) is 0 Å². The molecule has 0 spiro atoms. The molecular formula is C19H20Cl2O4. The minimum atomic E-state index is -0.394. The summed E-state index contributed by atoms with van der Waals surface area (Å²) in [6.07, 6.45) is 1.11. The molecule has 2 aromatic rings. The Morgan fingerprint density at radius 3 is 1.92 bits per heavy atom. The van der Waals surface area contributed by atoms with E-state index in [0.717, 1.165) is 17.2 Å². The smallest absolute Gasteiger partial charge is 0.329 e. The van der Waals surface area contributed by atoms with Crippen LogP contribution in [-0.4, -0.2) is 26.2 Å². The van der Waals surface area contributed by atoms with E-state index in [1.165, 1.54) is 21.1 Å². The van der Waals surface area contributed by atoms with Gasteiger partial charge < -0.3 is 9.47 Å². The zero-order valence-electron chi connectivity index (χ0n) is 14.3. The molecule has 0 aromatic heterocycles. The number of methoxy groups -OCH3 is 2. The summed E-state index contributed by atoms with van der Waals surface area (Å²) >= 11 is 12.0. The maximum Gasteiger partial charge on any atom is 0.329 e. The SMILES string of the molecule is C=CC(=O)OC.COC(C)=O.Clc1cccc(-c2ccccc2)c1Cl. The summed E-state index contributed by atoms with van der Waals surface area (Å²) in [6.45, 7) is 4.52. The van der Waals surface area contributed by atoms with Crippen molar-refractivity contribution in [1.82, 2.24) is 0 Å². The van der Waals surface area contributed by atoms with E-state index in [2.05, 4.69) is 16.1 Å². The van der Waals surface area contributed by atoms with E-state index in [4.69, 9.17) is 23.2 Å². The fourth-order valence-electron chi connectivity index (χ4n) is 1.43. The number of carbonyl (C=O) groups excluding carboxylic acids is 2. The molecular weight excluding hydrogens is 363 g/mol. The highest BCUT2D eigenvalue weighted by molar-refractivity contribution is 6.43. The lowest BCUT2D eigenvalue weighted by Crippen LogP contribution is -1.91. The van der Waals surface area contributed by atoms with Crippen LogP contribution >= 0.6 is 23.2 Å². The monoisotopic (exact) mass is 382 g/mol. The molecule has 134 valence electrons. The van der Waals surface area contributed by atoms with Crippen LogP contribution in [0.3, 0.4) is 0 Å². The molecule has 0 aliphatic carbocycles. The van der Waals surface area contributed by atoms with Crippen molar-refractivity contribution in [2.24, 2.45) is 0 Å². The molecule has 0 N–H and O–H groups in total. The summed E-state index contributed by atoms with van der Waals surface area (Å²) in [7, 11) is 2.66. The first-order chi connectivity index (χ1) is 11.9. The summed E-state index contributed by atoms with van der Waals surface area (Å²) in [5, 5.41) is 1.20. The average Bonchev–Trinajstić information content (AvgIpc) is 2.65. The highest BCUT2D eigenvalue weighted by atomic mass is 35.5. The van der Waals surface area contributed by atoms with Crippen LogP contribution in [0.25, 0.3) is 11.1 Å². The number of ether oxygens (including phenoxy) is 2. The largest absolute Gasteiger partial charge is 0.469 e. The van der Waals surface area contributed by atoms with Gasteiger partial charge in [0.25, 0.3) is 0 Å². The number of hydrogen-bond donors (Lipinski definition) is 0. The standard InChI is InChI=1S/C12H8Cl2.C4H6O2.C3H6O2/c13-11-8-4-7-10(12(11)14)9-5-2-1-3-6-9;1-3-4(5)6-2;1-3(4)5-2/h1-8H;3H,1H2,2H3;1-2H3. The highest BCUT2D eigenvalue weighted by Gasteiger charge is 2.05. The molecule has 2 aromatic carbocycles. The molecule has 0 bridgehead atoms. The second kappa shape index (κ2) is 13.0. The van der Waals surface area contributed by atoms with Crippen molar-refractivity contribution < 1.29 is 19.1 Å². The van der Waals surface area contributed by atoms with Crippen LogP contribution in [0.4, 0.5) is 0 Å². The average molecular weight is 383 g/mol. The van der Waals surface area contributed by atoms with Gasteiger partial charge in [0.05, 0.1) is 24.3 Å². The Kier molecular flexibility index (Phi) is 11.8. The summed E-state index contributed by atoms with van der Waals surface area (Å²) in [6, 6.07) is 15.6. The van der Waals surface area contributed by atoms with Gasteiger partial charge in [0, 0.05) is 18.6 Å². The van der Waals surface area contributed by atoms with Gasteiger partial charge >= 0.3 is 11.9 Å². The summed E-state index contributed by atoms with van der Waals surface area (Å²) in [5.74, 6) is -0.639. The maximum absolute atomic E-state index is 9.84. The topological polar surface area (TPSA) is 52.6 Å². The molecule has 0 unspecified atom stereocenters. The van der Waals surface area contributed by atoms with E-state index in [-0.39, 0.29) is 5.97 Å². The third-order valence-electron chi connectivity index (χ3n) is 2.69. The van der Waals surface area contributed by atoms with Crippen molar-refractivity contribution in [3.63, 3.8) is 0 Å². The highest BCUT2D eigenvalue weighted by Crippen LogP contribution is 2.32. The zero-order chi connectivity index (χ0) is 19.2. The molecule has 0 aliphatic heterocycles. The van der Waals surface area contributed by atoms with E-state index in [9.17, 15) is 9.59 Å². The Bertz CT molecular complexity index is 685. The lowest BCUT2D eigenvalue weighted by molar-refractivity contribution is -0.138. The first-order valence-electron chi connectivity index (χ1n) is 7.11. The molecule has 0 saturated heterocycles. The van der Waals surface area contributed by atoms with Crippen molar-refractivity contribution in [3.05, 3.63) is 71.2 Å². The third kappa shape index (κ3) is 9.55. The van der Waals surface area contributed by atoms with Crippen LogP contribution in [0.5, 0.6) is 0 Å². The van der Waals surface area contributed by atoms with Gasteiger partial charge in [-0.3, -0.25) is 4.79 Å². The van der Waals surface area contributed by atoms with Crippen LogP contribution in [0.1, 0.15) is 6.92 Å². The Hall–Kier alpha value is -2.30. The Labute approximate surface area is 158 Å². The fraction of sp³-hybridized carbons (Fsp3) is 0.158. The molecule has 0 atom stereocenters. The normalized spacial score (nSPS) is 8.68. The first-order valence-corrected chi connectivity index (χ1v) is 7.87. The second-order valence-electron chi connectivity index (χ2n) is 4.39. The van der Waals surface area contributed by atoms with Gasteiger partial charge in [-0.15, -0.1) is 0 Å². The van der Waals surface area contributed by atoms with Crippen LogP contribution in [0.2, 0.25) is 10.0 Å². The van der Waals surface area contributed by atoms with Crippen molar-refractivity contribution in [3.8, 4) is 11.1 Å². The van der Waals surface area contributed by atoms with Crippen LogP contribution in [-0.2, 0) is 19.1 Å². The Balaban J connectivity index is 0.000000438. The molecule has 0 heterocycles. The first kappa shape index (κ1) is 22.7. The van der Waals surface area contributed by atoms with Gasteiger partial charge in [-0.25, -0.2) is 4.79 Å². The third-order valence-corrected chi connectivity index (χ3v) is 3.51. The minimum Gasteiger partial charge on any atom is -0.469 e. The lowest BCUT2D eigenvalue weighted by Gasteiger charge is -2.04. The number of carbonyl (C=O) groups is 2. The van der Waals surface area contributed by atoms with E-state index in [1.807, 2.05) is 42.5 Å². The van der Waals surface area contributed by atoms with E-state index in [0.29, 0.717) is 10.0 Å². The number of halogens is 2. The number of hydrogen-bond acceptors (Lipinski definition) is 4. The number of esters is 2. The molecule has 25 heavy (non-hydrogen) atoms. The van der Waals surface area contributed by atoms with E-state index in [1.54, 1.807) is 6.07 Å². The van der Waals surface area contributed by atoms with Crippen molar-refractivity contribution in [2.75, 3.05) is 14.2 Å². The van der Waals surface area contributed by atoms with E-state index < -0.39 is 5.97 Å². The van der Waals surface area contributed by atoms with Gasteiger partial charge in [-0.2, -0.15) is 0 Å². The van der Waals surface area contributed by atoms with Gasteiger partial charge in [0.1, 0.15) is 0 Å². The predicted octanol–water partition coefficient (Wildman–Crippen LogP) is 5.19. The minimum absolute atomic E-state index is 0.245. The quantitative estimate of drug-likeness (QED) is 0.529. The van der Waals surface area contributed by atoms with Crippen LogP contribution in [0, 0.1) is 0 Å². The van der Waals surface area contributed by atoms with Gasteiger partial charge in [0.15, 0.2) is 0 Å². The number of rotatable bonds is 2. The predicted molar refractivity (Wildman–Crippen MR) is 102 cm³/mol. The van der Waals surface area contributed by atoms with Crippen LogP contribution in [0.15, 0.2) is 61.2 Å². The molecule has 4 nitrogen and oxygen atoms in total. The zero-order valence-corrected chi connectivity index (χ0v) is 15.8. The van der Waals surface area contributed by atoms with Crippen molar-refractivity contribution >= 4 is 35.1 Å². The number of benzene rings is 2. The lowest BCUT2D eigenvalue weighted by atomic mass is 10.1. The molecule has 0 radical (unpaired) electrons. The molecule has 0 fully saturated rings. The maximum atomic E-state index is 9.84. The van der Waals surface area contributed by atoms with Crippen molar-refractivity contribution in [1.29, 1.82) is 0 Å². The fourth-order valence-corrected chi connectivity index (χ4v) is 1.84. The summed E-state index contributed by atoms with van der Waals surface area (Å²) < 4.78 is 8.25. The molecule has 0 aliphatic rings. The van der Waals surface area contributed by atoms with E-state index >= 15 is 0 Å². The molecule has 6 heteroatoms. The Morgan fingerprint density at radius 2 is 1.52 bits per heavy atom. The van der Waals surface area contributed by atoms with Gasteiger partial charge in [-0.05, 0) is 11.6 Å². The van der Waals surface area contributed by atoms with Crippen LogP contribution < -0.4 is 0 Å². The summed E-state index contributed by atoms with van der Waals surface area (Å²) in [4.78, 5) is 19.4. The van der Waals surface area contributed by atoms with Crippen molar-refractivity contribution in [2.45, 2.75) is 6.92 Å². The second-order valence-corrected chi connectivity index (χ2v) is 5.18. The summed E-state index contributed by atoms with van der Waals surface area (Å²) in [5.41, 5.74) is 2.06. The Morgan fingerprint density at radius 1 is 0.960 bits per heavy atom. The van der Waals surface area contributed by atoms with Gasteiger partial charge in [-0.1, -0.05) is 72.2 Å². The molecule has 0 amide bonds. The molecule has 2 rings (SSSR count). The molecule has 0 saturated carbocycles.